The van der Waals surface area contributed by atoms with Crippen molar-refractivity contribution in [2.75, 3.05) is 5.32 Å². The van der Waals surface area contributed by atoms with Gasteiger partial charge in [0.2, 0.25) is 0 Å². The third kappa shape index (κ3) is 4.44. The Labute approximate surface area is 167 Å². The highest BCUT2D eigenvalue weighted by molar-refractivity contribution is 7.15. The van der Waals surface area contributed by atoms with Gasteiger partial charge in [0.25, 0.3) is 5.91 Å². The predicted molar refractivity (Wildman–Crippen MR) is 99.8 cm³/mol. The van der Waals surface area contributed by atoms with E-state index in [-0.39, 0.29) is 10.8 Å². The third-order valence-electron chi connectivity index (χ3n) is 4.03. The smallest absolute Gasteiger partial charge is 0.296 e. The molecule has 0 aliphatic heterocycles. The van der Waals surface area contributed by atoms with Gasteiger partial charge in [-0.1, -0.05) is 25.5 Å². The molecule has 0 aliphatic carbocycles. The maximum absolute atomic E-state index is 13.7. The van der Waals surface area contributed by atoms with Gasteiger partial charge in [-0.15, -0.1) is 16.4 Å². The average Bonchev–Trinajstić information content (AvgIpc) is 3.26. The second-order valence-corrected chi connectivity index (χ2v) is 7.20. The molecule has 0 saturated carbocycles. The van der Waals surface area contributed by atoms with Crippen LogP contribution < -0.4 is 5.32 Å². The van der Waals surface area contributed by atoms with E-state index in [0.717, 1.165) is 41.3 Å². The van der Waals surface area contributed by atoms with E-state index in [2.05, 4.69) is 20.6 Å². The van der Waals surface area contributed by atoms with Crippen LogP contribution in [-0.2, 0) is 19.0 Å². The van der Waals surface area contributed by atoms with Gasteiger partial charge in [-0.05, 0) is 37.1 Å². The van der Waals surface area contributed by atoms with E-state index in [4.69, 9.17) is 0 Å². The Hall–Kier alpha value is -2.82. The minimum absolute atomic E-state index is 0.0713. The molecule has 154 valence electrons. The zero-order chi connectivity index (χ0) is 21.2. The van der Waals surface area contributed by atoms with Gasteiger partial charge < -0.3 is 0 Å². The quantitative estimate of drug-likeness (QED) is 0.582. The van der Waals surface area contributed by atoms with Crippen LogP contribution >= 0.6 is 11.3 Å². The summed E-state index contributed by atoms with van der Waals surface area (Å²) in [5, 5.41) is 9.49. The summed E-state index contributed by atoms with van der Waals surface area (Å²) < 4.78 is 54.5. The number of aromatic nitrogens is 4. The summed E-state index contributed by atoms with van der Waals surface area (Å²) in [5.41, 5.74) is -1.48. The van der Waals surface area contributed by atoms with E-state index in [9.17, 15) is 22.4 Å². The van der Waals surface area contributed by atoms with Crippen molar-refractivity contribution in [3.63, 3.8) is 0 Å². The lowest BCUT2D eigenvalue weighted by molar-refractivity contribution is -0.143. The largest absolute Gasteiger partial charge is 0.435 e. The summed E-state index contributed by atoms with van der Waals surface area (Å²) in [6.45, 7) is 3.93. The van der Waals surface area contributed by atoms with Crippen molar-refractivity contribution < 1.29 is 22.4 Å². The average molecular weight is 427 g/mol. The number of anilines is 1. The number of hydrogen-bond acceptors (Lipinski definition) is 5. The molecule has 2 aromatic heterocycles. The number of hydrogen-bond donors (Lipinski definition) is 1. The van der Waals surface area contributed by atoms with Gasteiger partial charge in [-0.2, -0.15) is 13.2 Å². The molecule has 0 spiro atoms. The molecular formula is C18H17F4N5OS. The molecule has 1 aromatic carbocycles. The Morgan fingerprint density at radius 1 is 1.21 bits per heavy atom. The molecule has 3 aromatic rings. The zero-order valence-electron chi connectivity index (χ0n) is 15.5. The predicted octanol–water partition coefficient (Wildman–Crippen LogP) is 4.65. The number of benzene rings is 1. The third-order valence-corrected chi connectivity index (χ3v) is 5.19. The molecule has 29 heavy (non-hydrogen) atoms. The first kappa shape index (κ1) is 20.9. The number of nitrogens with one attached hydrogen (secondary N) is 1. The van der Waals surface area contributed by atoms with Gasteiger partial charge in [0.1, 0.15) is 5.82 Å². The first-order valence-corrected chi connectivity index (χ1v) is 9.65. The Morgan fingerprint density at radius 2 is 1.90 bits per heavy atom. The molecule has 0 bridgehead atoms. The number of aryl methyl sites for hydroxylation is 2. The molecule has 0 fully saturated rings. The number of nitrogens with zero attached hydrogens (tertiary/aromatic N) is 4. The minimum Gasteiger partial charge on any atom is -0.296 e. The number of alkyl halides is 3. The second-order valence-electron chi connectivity index (χ2n) is 6.12. The number of halogens is 4. The molecule has 0 aliphatic rings. The summed E-state index contributed by atoms with van der Waals surface area (Å²) in [7, 11) is 0. The van der Waals surface area contributed by atoms with E-state index in [1.807, 2.05) is 13.8 Å². The van der Waals surface area contributed by atoms with Crippen LogP contribution in [-0.4, -0.2) is 25.9 Å². The van der Waals surface area contributed by atoms with Crippen LogP contribution in [0.2, 0.25) is 0 Å². The van der Waals surface area contributed by atoms with Crippen molar-refractivity contribution in [3.8, 4) is 5.69 Å². The van der Waals surface area contributed by atoms with Gasteiger partial charge >= 0.3 is 6.18 Å². The van der Waals surface area contributed by atoms with Crippen LogP contribution in [0.25, 0.3) is 5.69 Å². The van der Waals surface area contributed by atoms with Crippen molar-refractivity contribution >= 4 is 22.4 Å². The van der Waals surface area contributed by atoms with Crippen LogP contribution in [0.1, 0.15) is 47.0 Å². The maximum atomic E-state index is 13.7. The monoisotopic (exact) mass is 427 g/mol. The second kappa shape index (κ2) is 8.27. The first-order valence-electron chi connectivity index (χ1n) is 8.83. The van der Waals surface area contributed by atoms with Crippen molar-refractivity contribution in [1.29, 1.82) is 0 Å². The summed E-state index contributed by atoms with van der Waals surface area (Å²) in [4.78, 5) is 17.8. The fourth-order valence-electron chi connectivity index (χ4n) is 2.75. The van der Waals surface area contributed by atoms with Crippen LogP contribution in [0.4, 0.5) is 22.7 Å². The van der Waals surface area contributed by atoms with E-state index in [1.54, 1.807) is 0 Å². The lowest BCUT2D eigenvalue weighted by atomic mass is 10.2. The van der Waals surface area contributed by atoms with Crippen molar-refractivity contribution in [1.82, 2.24) is 20.0 Å². The Kier molecular flexibility index (Phi) is 5.96. The summed E-state index contributed by atoms with van der Waals surface area (Å²) in [6, 6.07) is 4.22. The van der Waals surface area contributed by atoms with Gasteiger partial charge in [-0.3, -0.25) is 10.1 Å². The SMILES string of the molecule is CCCc1nc(NC(=O)c2nnn(-c3ccc(F)cc3)c2C(F)(F)F)sc1CC. The molecule has 0 unspecified atom stereocenters. The normalized spacial score (nSPS) is 11.7. The lowest BCUT2D eigenvalue weighted by Crippen LogP contribution is -2.21. The minimum atomic E-state index is -4.91. The van der Waals surface area contributed by atoms with Gasteiger partial charge in [0.15, 0.2) is 16.5 Å². The number of carbonyl (C=O) groups is 1. The molecule has 6 nitrogen and oxygen atoms in total. The summed E-state index contributed by atoms with van der Waals surface area (Å²) in [5.74, 6) is -1.68. The highest BCUT2D eigenvalue weighted by Gasteiger charge is 2.42. The molecule has 0 saturated heterocycles. The zero-order valence-corrected chi connectivity index (χ0v) is 16.4. The summed E-state index contributed by atoms with van der Waals surface area (Å²) >= 11 is 1.22. The van der Waals surface area contributed by atoms with E-state index >= 15 is 0 Å². The number of carbonyl (C=O) groups excluding carboxylic acids is 1. The Bertz CT molecular complexity index is 1010. The van der Waals surface area contributed by atoms with Crippen molar-refractivity contribution in [2.24, 2.45) is 0 Å². The highest BCUT2D eigenvalue weighted by atomic mass is 32.1. The first-order chi connectivity index (χ1) is 13.7. The summed E-state index contributed by atoms with van der Waals surface area (Å²) in [6.07, 6.45) is -2.63. The topological polar surface area (TPSA) is 72.7 Å². The van der Waals surface area contributed by atoms with Crippen LogP contribution in [0.15, 0.2) is 24.3 Å². The van der Waals surface area contributed by atoms with Gasteiger partial charge in [0.05, 0.1) is 11.4 Å². The highest BCUT2D eigenvalue weighted by Crippen LogP contribution is 2.33. The number of thiazole rings is 1. The van der Waals surface area contributed by atoms with E-state index < -0.39 is 29.3 Å². The molecule has 3 rings (SSSR count). The van der Waals surface area contributed by atoms with Crippen molar-refractivity contribution in [3.05, 3.63) is 52.0 Å². The fraction of sp³-hybridized carbons (Fsp3) is 0.333. The molecular weight excluding hydrogens is 410 g/mol. The Balaban J connectivity index is 1.96. The number of amides is 1. The Morgan fingerprint density at radius 3 is 2.48 bits per heavy atom. The molecule has 0 atom stereocenters. The molecule has 1 N–H and O–H groups in total. The molecule has 2 heterocycles. The van der Waals surface area contributed by atoms with Crippen LogP contribution in [0, 0.1) is 5.82 Å². The number of rotatable bonds is 6. The maximum Gasteiger partial charge on any atom is 0.435 e. The van der Waals surface area contributed by atoms with Gasteiger partial charge in [-0.25, -0.2) is 14.1 Å². The van der Waals surface area contributed by atoms with E-state index in [0.29, 0.717) is 17.5 Å². The van der Waals surface area contributed by atoms with Crippen molar-refractivity contribution in [2.45, 2.75) is 39.3 Å². The van der Waals surface area contributed by atoms with Gasteiger partial charge in [0, 0.05) is 4.88 Å². The molecule has 11 heteroatoms. The standard InChI is InChI=1S/C18H17F4N5OS/c1-3-5-12-13(4-2)29-17(23-12)24-16(28)14-15(18(20,21)22)27(26-25-14)11-8-6-10(19)7-9-11/h6-9H,3-5H2,1-2H3,(H,23,24,28). The van der Waals surface area contributed by atoms with E-state index in [1.165, 1.54) is 11.3 Å². The molecule has 0 radical (unpaired) electrons. The van der Waals surface area contributed by atoms with Crippen LogP contribution in [0.5, 0.6) is 0 Å². The van der Waals surface area contributed by atoms with Crippen LogP contribution in [0.3, 0.4) is 0 Å². The fourth-order valence-corrected chi connectivity index (χ4v) is 3.70. The molecule has 1 amide bonds. The lowest BCUT2D eigenvalue weighted by Gasteiger charge is -2.10.